The maximum Gasteiger partial charge on any atom is 0.103 e. The molecular weight excluding hydrogens is 214 g/mol. The maximum atomic E-state index is 12.7. The van der Waals surface area contributed by atoms with Crippen LogP contribution in [0.4, 0.5) is 4.39 Å². The molecular formula is C10H19FNOSc-. The van der Waals surface area contributed by atoms with Gasteiger partial charge in [0.2, 0.25) is 0 Å². The van der Waals surface area contributed by atoms with Crippen LogP contribution >= 0.6 is 0 Å². The number of halogens is 1. The number of piperidine rings is 1. The third-order valence-electron chi connectivity index (χ3n) is 2.42. The predicted molar refractivity (Wildman–Crippen MR) is 51.1 cm³/mol. The minimum atomic E-state index is -0.559. The summed E-state index contributed by atoms with van der Waals surface area (Å²) in [6, 6.07) is 0. The summed E-state index contributed by atoms with van der Waals surface area (Å²) in [4.78, 5) is 2.31. The van der Waals surface area contributed by atoms with Crippen LogP contribution in [0.3, 0.4) is 0 Å². The summed E-state index contributed by atoms with van der Waals surface area (Å²) in [6.45, 7) is 7.25. The van der Waals surface area contributed by atoms with Crippen LogP contribution in [-0.2, 0) is 30.6 Å². The van der Waals surface area contributed by atoms with Gasteiger partial charge in [0, 0.05) is 52.1 Å². The van der Waals surface area contributed by atoms with Crippen LogP contribution < -0.4 is 0 Å². The number of alkyl halides is 1. The molecule has 2 nitrogen and oxygen atoms in total. The Labute approximate surface area is 105 Å². The van der Waals surface area contributed by atoms with Crippen LogP contribution in [0.15, 0.2) is 0 Å². The van der Waals surface area contributed by atoms with E-state index in [2.05, 4.69) is 4.90 Å². The van der Waals surface area contributed by atoms with Gasteiger partial charge in [0.1, 0.15) is 6.17 Å². The fourth-order valence-electron chi connectivity index (χ4n) is 1.61. The van der Waals surface area contributed by atoms with Crippen molar-refractivity contribution in [3.05, 3.63) is 6.61 Å². The van der Waals surface area contributed by atoms with Gasteiger partial charge >= 0.3 is 0 Å². The average Bonchev–Trinajstić information content (AvgIpc) is 2.15. The largest absolute Gasteiger partial charge is 0.552 e. The average molecular weight is 233 g/mol. The van der Waals surface area contributed by atoms with E-state index in [0.717, 1.165) is 32.7 Å². The second kappa shape index (κ2) is 8.98. The van der Waals surface area contributed by atoms with Gasteiger partial charge in [-0.15, -0.1) is 0 Å². The summed E-state index contributed by atoms with van der Waals surface area (Å²) in [5.41, 5.74) is 0. The SMILES string of the molecule is C[CH-]OCCCN1CCC(F)CC1.[Sc]. The molecule has 1 fully saturated rings. The van der Waals surface area contributed by atoms with Gasteiger partial charge in [-0.3, -0.25) is 0 Å². The first-order chi connectivity index (χ1) is 6.33. The predicted octanol–water partition coefficient (Wildman–Crippen LogP) is 2.01. The van der Waals surface area contributed by atoms with E-state index < -0.39 is 6.17 Å². The molecule has 4 heteroatoms. The fraction of sp³-hybridized carbons (Fsp3) is 0.900. The topological polar surface area (TPSA) is 12.5 Å². The Hall–Kier alpha value is 0.720. The summed E-state index contributed by atoms with van der Waals surface area (Å²) in [6.07, 6.45) is 1.90. The van der Waals surface area contributed by atoms with Gasteiger partial charge in [0.05, 0.1) is 0 Å². The first-order valence-electron chi connectivity index (χ1n) is 5.09. The number of hydrogen-bond donors (Lipinski definition) is 0. The smallest absolute Gasteiger partial charge is 0.103 e. The second-order valence-corrected chi connectivity index (χ2v) is 3.48. The number of rotatable bonds is 5. The van der Waals surface area contributed by atoms with Crippen molar-refractivity contribution >= 4 is 0 Å². The van der Waals surface area contributed by atoms with Crippen molar-refractivity contribution in [1.29, 1.82) is 0 Å². The van der Waals surface area contributed by atoms with E-state index in [0.29, 0.717) is 12.8 Å². The molecule has 81 valence electrons. The number of ether oxygens (including phenoxy) is 1. The van der Waals surface area contributed by atoms with Crippen LogP contribution in [0.1, 0.15) is 26.2 Å². The van der Waals surface area contributed by atoms with Crippen molar-refractivity contribution in [2.75, 3.05) is 26.2 Å². The molecule has 1 aliphatic rings. The Bertz CT molecular complexity index is 129. The zero-order chi connectivity index (χ0) is 9.52. The van der Waals surface area contributed by atoms with Crippen molar-refractivity contribution in [3.8, 4) is 0 Å². The van der Waals surface area contributed by atoms with Gasteiger partial charge in [-0.05, 0) is 19.3 Å². The number of hydrogen-bond acceptors (Lipinski definition) is 2. The molecule has 0 aromatic rings. The van der Waals surface area contributed by atoms with Crippen molar-refractivity contribution in [2.24, 2.45) is 0 Å². The molecule has 0 aromatic heterocycles. The fourth-order valence-corrected chi connectivity index (χ4v) is 1.61. The van der Waals surface area contributed by atoms with Crippen LogP contribution in [0.25, 0.3) is 0 Å². The minimum absolute atomic E-state index is 0. The van der Waals surface area contributed by atoms with E-state index in [4.69, 9.17) is 4.74 Å². The van der Waals surface area contributed by atoms with E-state index in [1.807, 2.05) is 6.92 Å². The third-order valence-corrected chi connectivity index (χ3v) is 2.42. The normalized spacial score (nSPS) is 19.3. The van der Waals surface area contributed by atoms with Gasteiger partial charge in [0.25, 0.3) is 0 Å². The Kier molecular flexibility index (Phi) is 9.45. The monoisotopic (exact) mass is 233 g/mol. The third kappa shape index (κ3) is 6.25. The molecule has 1 saturated heterocycles. The molecule has 0 amide bonds. The molecule has 1 rings (SSSR count). The van der Waals surface area contributed by atoms with E-state index in [1.165, 1.54) is 0 Å². The van der Waals surface area contributed by atoms with Gasteiger partial charge in [0.15, 0.2) is 0 Å². The quantitative estimate of drug-likeness (QED) is 0.532. The molecule has 0 aliphatic carbocycles. The van der Waals surface area contributed by atoms with E-state index in [9.17, 15) is 4.39 Å². The van der Waals surface area contributed by atoms with Gasteiger partial charge in [-0.2, -0.15) is 6.92 Å². The minimum Gasteiger partial charge on any atom is -0.552 e. The molecule has 1 radical (unpaired) electrons. The molecule has 0 bridgehead atoms. The van der Waals surface area contributed by atoms with Gasteiger partial charge < -0.3 is 9.64 Å². The zero-order valence-electron chi connectivity index (χ0n) is 8.92. The van der Waals surface area contributed by atoms with Crippen molar-refractivity contribution in [3.63, 3.8) is 0 Å². The summed E-state index contributed by atoms with van der Waals surface area (Å²) >= 11 is 0. The molecule has 14 heavy (non-hydrogen) atoms. The zero-order valence-corrected chi connectivity index (χ0v) is 10.7. The molecule has 1 aliphatic heterocycles. The van der Waals surface area contributed by atoms with Crippen molar-refractivity contribution < 1.29 is 35.0 Å². The molecule has 1 heterocycles. The van der Waals surface area contributed by atoms with Gasteiger partial charge in [-0.25, -0.2) is 11.0 Å². The summed E-state index contributed by atoms with van der Waals surface area (Å²) < 4.78 is 17.9. The van der Waals surface area contributed by atoms with E-state index >= 15 is 0 Å². The molecule has 0 unspecified atom stereocenters. The Morgan fingerprint density at radius 1 is 1.43 bits per heavy atom. The Balaban J connectivity index is 0.00000169. The van der Waals surface area contributed by atoms with Crippen LogP contribution in [0.5, 0.6) is 0 Å². The summed E-state index contributed by atoms with van der Waals surface area (Å²) in [7, 11) is 0. The standard InChI is InChI=1S/C10H19FNO.Sc/c1-2-13-9-3-6-12-7-4-10(11)5-8-12;/h2,10H,3-9H2,1H3;/q-1;. The van der Waals surface area contributed by atoms with Crippen LogP contribution in [0, 0.1) is 6.61 Å². The first-order valence-corrected chi connectivity index (χ1v) is 5.09. The molecule has 0 N–H and O–H groups in total. The summed E-state index contributed by atoms with van der Waals surface area (Å²) in [5.74, 6) is 0. The number of likely N-dealkylation sites (tertiary alicyclic amines) is 1. The molecule has 0 spiro atoms. The van der Waals surface area contributed by atoms with Crippen LogP contribution in [-0.4, -0.2) is 37.3 Å². The van der Waals surface area contributed by atoms with Crippen LogP contribution in [0.2, 0.25) is 0 Å². The van der Waals surface area contributed by atoms with E-state index in [-0.39, 0.29) is 25.8 Å². The van der Waals surface area contributed by atoms with Gasteiger partial charge in [-0.1, -0.05) is 0 Å². The molecule has 0 saturated carbocycles. The first kappa shape index (κ1) is 14.7. The van der Waals surface area contributed by atoms with Crippen molar-refractivity contribution in [2.45, 2.75) is 32.4 Å². The summed E-state index contributed by atoms with van der Waals surface area (Å²) in [5, 5.41) is 0. The number of nitrogens with zero attached hydrogens (tertiary/aromatic N) is 1. The van der Waals surface area contributed by atoms with Crippen molar-refractivity contribution in [1.82, 2.24) is 4.90 Å². The Morgan fingerprint density at radius 3 is 2.64 bits per heavy atom. The molecule has 0 aromatic carbocycles. The Morgan fingerprint density at radius 2 is 2.07 bits per heavy atom. The van der Waals surface area contributed by atoms with E-state index in [1.54, 1.807) is 6.61 Å². The second-order valence-electron chi connectivity index (χ2n) is 3.48. The maximum absolute atomic E-state index is 12.7. The molecule has 0 atom stereocenters.